The van der Waals surface area contributed by atoms with Crippen LogP contribution in [0, 0.1) is 5.92 Å². The van der Waals surface area contributed by atoms with Crippen LogP contribution in [0.1, 0.15) is 33.6 Å². The van der Waals surface area contributed by atoms with Gasteiger partial charge in [-0.1, -0.05) is 0 Å². The van der Waals surface area contributed by atoms with E-state index in [0.717, 1.165) is 12.8 Å². The summed E-state index contributed by atoms with van der Waals surface area (Å²) in [5.41, 5.74) is -0.115. The Bertz CT molecular complexity index is 209. The minimum absolute atomic E-state index is 0.115. The van der Waals surface area contributed by atoms with Gasteiger partial charge in [0.15, 0.2) is 0 Å². The fourth-order valence-electron chi connectivity index (χ4n) is 2.52. The van der Waals surface area contributed by atoms with Gasteiger partial charge in [-0.3, -0.25) is 0 Å². The van der Waals surface area contributed by atoms with Crippen molar-refractivity contribution in [1.82, 2.24) is 0 Å². The summed E-state index contributed by atoms with van der Waals surface area (Å²) in [6.07, 6.45) is 2.09. The number of rotatable bonds is 1. The molecule has 14 heavy (non-hydrogen) atoms. The van der Waals surface area contributed by atoms with Crippen LogP contribution < -0.4 is 0 Å². The molecule has 0 unspecified atom stereocenters. The highest BCUT2D eigenvalue weighted by atomic mass is 16.6. The van der Waals surface area contributed by atoms with E-state index in [1.807, 2.05) is 0 Å². The van der Waals surface area contributed by atoms with Crippen LogP contribution >= 0.6 is 0 Å². The highest BCUT2D eigenvalue weighted by Gasteiger charge is 2.47. The number of hydrogen-bond acceptors (Lipinski definition) is 3. The Labute approximate surface area is 85.4 Å². The smallest absolute Gasteiger partial charge is 0.0891 e. The first kappa shape index (κ1) is 10.4. The van der Waals surface area contributed by atoms with Crippen LogP contribution in [0.2, 0.25) is 0 Å². The number of fused-ring (bicyclic) bond motifs is 1. The van der Waals surface area contributed by atoms with Crippen molar-refractivity contribution in [2.45, 2.75) is 57.5 Å². The molecule has 1 saturated heterocycles. The summed E-state index contributed by atoms with van der Waals surface area (Å²) in [5, 5.41) is 9.63. The molecule has 82 valence electrons. The van der Waals surface area contributed by atoms with Crippen LogP contribution in [0.5, 0.6) is 0 Å². The Morgan fingerprint density at radius 3 is 2.64 bits per heavy atom. The van der Waals surface area contributed by atoms with Gasteiger partial charge in [0.2, 0.25) is 0 Å². The molecule has 4 atom stereocenters. The largest absolute Gasteiger partial charge is 0.390 e. The van der Waals surface area contributed by atoms with Crippen molar-refractivity contribution in [3.8, 4) is 0 Å². The first-order valence-electron chi connectivity index (χ1n) is 5.45. The quantitative estimate of drug-likeness (QED) is 0.694. The molecule has 0 bridgehead atoms. The zero-order chi connectivity index (χ0) is 10.3. The van der Waals surface area contributed by atoms with Crippen LogP contribution in [0.4, 0.5) is 0 Å². The summed E-state index contributed by atoms with van der Waals surface area (Å²) >= 11 is 0. The predicted octanol–water partition coefficient (Wildman–Crippen LogP) is 1.34. The Hall–Kier alpha value is -0.120. The maximum Gasteiger partial charge on any atom is 0.0891 e. The molecule has 0 radical (unpaired) electrons. The lowest BCUT2D eigenvalue weighted by atomic mass is 10.0. The van der Waals surface area contributed by atoms with Gasteiger partial charge in [-0.2, -0.15) is 0 Å². The van der Waals surface area contributed by atoms with E-state index in [0.29, 0.717) is 12.5 Å². The van der Waals surface area contributed by atoms with E-state index in [-0.39, 0.29) is 23.9 Å². The van der Waals surface area contributed by atoms with Gasteiger partial charge in [-0.25, -0.2) is 0 Å². The number of hydrogen-bond donors (Lipinski definition) is 1. The summed E-state index contributed by atoms with van der Waals surface area (Å²) in [7, 11) is 0. The highest BCUT2D eigenvalue weighted by Crippen LogP contribution is 2.39. The molecular weight excluding hydrogens is 180 g/mol. The molecule has 1 saturated carbocycles. The van der Waals surface area contributed by atoms with Gasteiger partial charge in [0.25, 0.3) is 0 Å². The average molecular weight is 200 g/mol. The molecule has 1 aliphatic carbocycles. The Balaban J connectivity index is 1.97. The monoisotopic (exact) mass is 200 g/mol. The molecular formula is C11H20O3. The Kier molecular flexibility index (Phi) is 2.58. The zero-order valence-corrected chi connectivity index (χ0v) is 9.19. The third-order valence-corrected chi connectivity index (χ3v) is 3.03. The van der Waals surface area contributed by atoms with E-state index in [1.165, 1.54) is 0 Å². The third-order valence-electron chi connectivity index (χ3n) is 3.03. The number of ether oxygens (including phenoxy) is 2. The van der Waals surface area contributed by atoms with Crippen LogP contribution in [0.3, 0.4) is 0 Å². The number of aliphatic hydroxyl groups excluding tert-OH is 1. The van der Waals surface area contributed by atoms with E-state index < -0.39 is 0 Å². The minimum Gasteiger partial charge on any atom is -0.390 e. The van der Waals surface area contributed by atoms with Crippen LogP contribution in [-0.2, 0) is 9.47 Å². The summed E-state index contributed by atoms with van der Waals surface area (Å²) in [5.74, 6) is 0.308. The molecule has 0 aromatic rings. The van der Waals surface area contributed by atoms with Crippen molar-refractivity contribution in [3.63, 3.8) is 0 Å². The van der Waals surface area contributed by atoms with Gasteiger partial charge in [0, 0.05) is 5.92 Å². The molecule has 3 heteroatoms. The van der Waals surface area contributed by atoms with E-state index in [9.17, 15) is 5.11 Å². The molecule has 2 aliphatic rings. The number of aliphatic hydroxyl groups is 1. The van der Waals surface area contributed by atoms with E-state index in [1.54, 1.807) is 0 Å². The SMILES string of the molecule is CC(C)(C)O[C@@H]1CC[C@H]2[C@@H]1OC[C@H]2O. The highest BCUT2D eigenvalue weighted by molar-refractivity contribution is 4.95. The van der Waals surface area contributed by atoms with Crippen molar-refractivity contribution in [2.75, 3.05) is 6.61 Å². The van der Waals surface area contributed by atoms with Crippen molar-refractivity contribution >= 4 is 0 Å². The molecule has 0 aromatic carbocycles. The lowest BCUT2D eigenvalue weighted by Crippen LogP contribution is -2.34. The van der Waals surface area contributed by atoms with Crippen LogP contribution in [0.15, 0.2) is 0 Å². The summed E-state index contributed by atoms with van der Waals surface area (Å²) < 4.78 is 11.5. The molecule has 1 N–H and O–H groups in total. The van der Waals surface area contributed by atoms with Gasteiger partial charge in [0.1, 0.15) is 0 Å². The van der Waals surface area contributed by atoms with Gasteiger partial charge in [-0.05, 0) is 33.6 Å². The molecule has 1 aliphatic heterocycles. The third kappa shape index (κ3) is 1.95. The minimum atomic E-state index is -0.270. The predicted molar refractivity (Wildman–Crippen MR) is 53.1 cm³/mol. The lowest BCUT2D eigenvalue weighted by molar-refractivity contribution is -0.108. The molecule has 0 aromatic heterocycles. The van der Waals surface area contributed by atoms with Gasteiger partial charge in [0.05, 0.1) is 30.5 Å². The molecule has 1 heterocycles. The van der Waals surface area contributed by atoms with Crippen molar-refractivity contribution in [2.24, 2.45) is 5.92 Å². The average Bonchev–Trinajstić information content (AvgIpc) is 2.55. The Morgan fingerprint density at radius 2 is 2.00 bits per heavy atom. The molecule has 2 rings (SSSR count). The molecule has 0 amide bonds. The van der Waals surface area contributed by atoms with Crippen LogP contribution in [0.25, 0.3) is 0 Å². The second-order valence-electron chi connectivity index (χ2n) is 5.38. The summed E-state index contributed by atoms with van der Waals surface area (Å²) in [4.78, 5) is 0. The first-order chi connectivity index (χ1) is 6.47. The van der Waals surface area contributed by atoms with E-state index in [2.05, 4.69) is 20.8 Å². The summed E-state index contributed by atoms with van der Waals surface area (Å²) in [6, 6.07) is 0. The Morgan fingerprint density at radius 1 is 1.29 bits per heavy atom. The standard InChI is InChI=1S/C11H20O3/c1-11(2,3)14-9-5-4-7-8(12)6-13-10(7)9/h7-10,12H,4-6H2,1-3H3/t7-,8-,9-,10+/m1/s1. The van der Waals surface area contributed by atoms with Crippen LogP contribution in [-0.4, -0.2) is 35.6 Å². The van der Waals surface area contributed by atoms with Gasteiger partial charge >= 0.3 is 0 Å². The van der Waals surface area contributed by atoms with Crippen molar-refractivity contribution < 1.29 is 14.6 Å². The van der Waals surface area contributed by atoms with E-state index >= 15 is 0 Å². The van der Waals surface area contributed by atoms with Crippen molar-refractivity contribution in [3.05, 3.63) is 0 Å². The molecule has 2 fully saturated rings. The maximum absolute atomic E-state index is 9.63. The fourth-order valence-corrected chi connectivity index (χ4v) is 2.52. The van der Waals surface area contributed by atoms with E-state index in [4.69, 9.17) is 9.47 Å². The second-order valence-corrected chi connectivity index (χ2v) is 5.38. The molecule has 0 spiro atoms. The van der Waals surface area contributed by atoms with Crippen molar-refractivity contribution in [1.29, 1.82) is 0 Å². The fraction of sp³-hybridized carbons (Fsp3) is 1.00. The normalized spacial score (nSPS) is 42.9. The first-order valence-corrected chi connectivity index (χ1v) is 5.45. The van der Waals surface area contributed by atoms with Gasteiger partial charge < -0.3 is 14.6 Å². The summed E-state index contributed by atoms with van der Waals surface area (Å²) in [6.45, 7) is 6.67. The zero-order valence-electron chi connectivity index (χ0n) is 9.19. The molecule has 3 nitrogen and oxygen atoms in total. The second kappa shape index (κ2) is 3.47. The topological polar surface area (TPSA) is 38.7 Å². The lowest BCUT2D eigenvalue weighted by Gasteiger charge is -2.28. The maximum atomic E-state index is 9.63. The van der Waals surface area contributed by atoms with Gasteiger partial charge in [-0.15, -0.1) is 0 Å².